The van der Waals surface area contributed by atoms with E-state index in [1.165, 1.54) is 0 Å². The topological polar surface area (TPSA) is 38.1 Å². The highest BCUT2D eigenvalue weighted by Crippen LogP contribution is 2.29. The van der Waals surface area contributed by atoms with Gasteiger partial charge in [0.05, 0.1) is 16.9 Å². The van der Waals surface area contributed by atoms with Crippen molar-refractivity contribution in [1.29, 1.82) is 0 Å². The highest BCUT2D eigenvalue weighted by molar-refractivity contribution is 6.30. The summed E-state index contributed by atoms with van der Waals surface area (Å²) >= 11 is 6.26. The molecule has 0 aliphatic heterocycles. The van der Waals surface area contributed by atoms with E-state index in [1.54, 1.807) is 4.68 Å². The number of para-hydroxylation sites is 1. The summed E-state index contributed by atoms with van der Waals surface area (Å²) in [5.41, 5.74) is 2.08. The van der Waals surface area contributed by atoms with Gasteiger partial charge in [0.1, 0.15) is 11.3 Å². The van der Waals surface area contributed by atoms with Crippen molar-refractivity contribution >= 4 is 11.6 Å². The normalized spacial score (nSPS) is 12.1. The Hall–Kier alpha value is -1.76. The molecule has 1 N–H and O–H groups in total. The van der Waals surface area contributed by atoms with Crippen LogP contribution in [0.15, 0.2) is 30.3 Å². The molecular weight excluding hydrogens is 248 g/mol. The van der Waals surface area contributed by atoms with Gasteiger partial charge >= 0.3 is 0 Å². The highest BCUT2D eigenvalue weighted by atomic mass is 35.5. The van der Waals surface area contributed by atoms with Crippen LogP contribution in [0.25, 0.3) is 5.69 Å². The lowest BCUT2D eigenvalue weighted by Crippen LogP contribution is -1.97. The van der Waals surface area contributed by atoms with Gasteiger partial charge in [-0.3, -0.25) is 0 Å². The SMILES string of the molecule is C#CC(O)c1c(CC)nn(-c2ccccc2)c1Cl. The molecule has 2 rings (SSSR count). The molecule has 92 valence electrons. The predicted molar refractivity (Wildman–Crippen MR) is 71.7 cm³/mol. The van der Waals surface area contributed by atoms with Crippen molar-refractivity contribution in [2.24, 2.45) is 0 Å². The zero-order valence-corrected chi connectivity index (χ0v) is 10.7. The van der Waals surface area contributed by atoms with Gasteiger partial charge < -0.3 is 5.11 Å². The second kappa shape index (κ2) is 5.26. The first-order chi connectivity index (χ1) is 8.69. The van der Waals surface area contributed by atoms with E-state index in [0.717, 1.165) is 5.69 Å². The van der Waals surface area contributed by atoms with Crippen molar-refractivity contribution in [3.05, 3.63) is 46.7 Å². The number of hydrogen-bond acceptors (Lipinski definition) is 2. The maximum Gasteiger partial charge on any atom is 0.144 e. The number of benzene rings is 1. The number of terminal acetylenes is 1. The zero-order valence-electron chi connectivity index (χ0n) is 9.97. The minimum Gasteiger partial charge on any atom is -0.376 e. The van der Waals surface area contributed by atoms with Crippen LogP contribution in [0.2, 0.25) is 5.15 Å². The van der Waals surface area contributed by atoms with Crippen LogP contribution < -0.4 is 0 Å². The monoisotopic (exact) mass is 260 g/mol. The average Bonchev–Trinajstić information content (AvgIpc) is 2.76. The summed E-state index contributed by atoms with van der Waals surface area (Å²) in [4.78, 5) is 0. The van der Waals surface area contributed by atoms with E-state index in [0.29, 0.717) is 22.8 Å². The summed E-state index contributed by atoms with van der Waals surface area (Å²) in [6.45, 7) is 1.95. The van der Waals surface area contributed by atoms with E-state index in [-0.39, 0.29) is 0 Å². The molecule has 0 saturated heterocycles. The summed E-state index contributed by atoms with van der Waals surface area (Å²) in [5, 5.41) is 14.6. The molecule has 0 bridgehead atoms. The number of aryl methyl sites for hydroxylation is 1. The molecule has 1 aromatic carbocycles. The van der Waals surface area contributed by atoms with E-state index in [9.17, 15) is 5.11 Å². The van der Waals surface area contributed by atoms with Crippen LogP contribution >= 0.6 is 11.6 Å². The van der Waals surface area contributed by atoms with Crippen LogP contribution in [0.1, 0.15) is 24.3 Å². The van der Waals surface area contributed by atoms with E-state index in [2.05, 4.69) is 11.0 Å². The number of halogens is 1. The maximum absolute atomic E-state index is 9.81. The molecule has 1 aromatic heterocycles. The fraction of sp³-hybridized carbons (Fsp3) is 0.214. The van der Waals surface area contributed by atoms with Gasteiger partial charge in [-0.15, -0.1) is 6.42 Å². The van der Waals surface area contributed by atoms with Gasteiger partial charge in [0.2, 0.25) is 0 Å². The number of rotatable bonds is 3. The first-order valence-corrected chi connectivity index (χ1v) is 6.03. The third-order valence-corrected chi connectivity index (χ3v) is 3.07. The van der Waals surface area contributed by atoms with Crippen molar-refractivity contribution in [3.8, 4) is 18.0 Å². The summed E-state index contributed by atoms with van der Waals surface area (Å²) in [6.07, 6.45) is 4.89. The molecule has 2 aromatic rings. The summed E-state index contributed by atoms with van der Waals surface area (Å²) in [6, 6.07) is 9.50. The zero-order chi connectivity index (χ0) is 13.1. The summed E-state index contributed by atoms with van der Waals surface area (Å²) in [7, 11) is 0. The molecule has 0 spiro atoms. The van der Waals surface area contributed by atoms with Crippen molar-refractivity contribution in [2.75, 3.05) is 0 Å². The number of hydrogen-bond donors (Lipinski definition) is 1. The third-order valence-electron chi connectivity index (χ3n) is 2.71. The standard InChI is InChI=1S/C14H13ClN2O/c1-3-11-13(12(18)4-2)14(15)17(16-11)10-8-6-5-7-9-10/h2,5-9,12,18H,3H2,1H3. The van der Waals surface area contributed by atoms with Gasteiger partial charge in [-0.1, -0.05) is 42.6 Å². The highest BCUT2D eigenvalue weighted by Gasteiger charge is 2.21. The van der Waals surface area contributed by atoms with Crippen LogP contribution in [0.5, 0.6) is 0 Å². The van der Waals surface area contributed by atoms with Crippen molar-refractivity contribution in [2.45, 2.75) is 19.4 Å². The van der Waals surface area contributed by atoms with Crippen molar-refractivity contribution in [1.82, 2.24) is 9.78 Å². The molecular formula is C14H13ClN2O. The fourth-order valence-corrected chi connectivity index (χ4v) is 2.15. The second-order valence-electron chi connectivity index (χ2n) is 3.82. The van der Waals surface area contributed by atoms with E-state index >= 15 is 0 Å². The molecule has 0 aliphatic carbocycles. The molecule has 3 nitrogen and oxygen atoms in total. The molecule has 4 heteroatoms. The minimum atomic E-state index is -1.02. The molecule has 0 aliphatic rings. The van der Waals surface area contributed by atoms with Gasteiger partial charge in [-0.25, -0.2) is 4.68 Å². The third kappa shape index (κ3) is 2.13. The molecule has 0 amide bonds. The first kappa shape index (κ1) is 12.7. The Labute approximate surface area is 111 Å². The number of nitrogens with zero attached hydrogens (tertiary/aromatic N) is 2. The Kier molecular flexibility index (Phi) is 3.71. The average molecular weight is 261 g/mol. The Bertz CT molecular complexity index is 584. The minimum absolute atomic E-state index is 0.364. The molecule has 1 atom stereocenters. The second-order valence-corrected chi connectivity index (χ2v) is 4.18. The van der Waals surface area contributed by atoms with Gasteiger partial charge in [0, 0.05) is 0 Å². The van der Waals surface area contributed by atoms with Crippen LogP contribution in [-0.2, 0) is 6.42 Å². The molecule has 18 heavy (non-hydrogen) atoms. The van der Waals surface area contributed by atoms with E-state index in [1.807, 2.05) is 37.3 Å². The Morgan fingerprint density at radius 3 is 2.67 bits per heavy atom. The molecule has 0 fully saturated rings. The van der Waals surface area contributed by atoms with Crippen molar-refractivity contribution in [3.63, 3.8) is 0 Å². The first-order valence-electron chi connectivity index (χ1n) is 5.66. The van der Waals surface area contributed by atoms with Gasteiger partial charge in [0.25, 0.3) is 0 Å². The summed E-state index contributed by atoms with van der Waals surface area (Å²) in [5.74, 6) is 2.28. The van der Waals surface area contributed by atoms with E-state index in [4.69, 9.17) is 18.0 Å². The lowest BCUT2D eigenvalue weighted by atomic mass is 10.1. The van der Waals surface area contributed by atoms with Gasteiger partial charge in [-0.2, -0.15) is 5.10 Å². The lowest BCUT2D eigenvalue weighted by Gasteiger charge is -2.04. The van der Waals surface area contributed by atoms with Crippen LogP contribution in [0, 0.1) is 12.3 Å². The molecule has 1 heterocycles. The van der Waals surface area contributed by atoms with Gasteiger partial charge in [-0.05, 0) is 18.6 Å². The van der Waals surface area contributed by atoms with Crippen LogP contribution in [0.4, 0.5) is 0 Å². The van der Waals surface area contributed by atoms with Crippen LogP contribution in [-0.4, -0.2) is 14.9 Å². The molecule has 0 radical (unpaired) electrons. The maximum atomic E-state index is 9.81. The van der Waals surface area contributed by atoms with E-state index < -0.39 is 6.10 Å². The molecule has 0 saturated carbocycles. The lowest BCUT2D eigenvalue weighted by molar-refractivity contribution is 0.237. The predicted octanol–water partition coefficient (Wildman–Crippen LogP) is 2.75. The van der Waals surface area contributed by atoms with Crippen LogP contribution in [0.3, 0.4) is 0 Å². The largest absolute Gasteiger partial charge is 0.376 e. The Balaban J connectivity index is 2.59. The number of aliphatic hydroxyl groups is 1. The molecule has 1 unspecified atom stereocenters. The smallest absolute Gasteiger partial charge is 0.144 e. The summed E-state index contributed by atoms with van der Waals surface area (Å²) < 4.78 is 1.59. The van der Waals surface area contributed by atoms with Gasteiger partial charge in [0.15, 0.2) is 0 Å². The quantitative estimate of drug-likeness (QED) is 0.862. The Morgan fingerprint density at radius 1 is 1.44 bits per heavy atom. The Morgan fingerprint density at radius 2 is 2.11 bits per heavy atom. The van der Waals surface area contributed by atoms with Crippen molar-refractivity contribution < 1.29 is 5.11 Å². The number of aliphatic hydroxyl groups excluding tert-OH is 1. The fourth-order valence-electron chi connectivity index (χ4n) is 1.81. The number of aromatic nitrogens is 2.